The average molecular weight is 216 g/mol. The van der Waals surface area contributed by atoms with Crippen molar-refractivity contribution in [2.45, 2.75) is 6.42 Å². The standard InChI is InChI=1S/C11H10N3O2/c15-10-4-5-11(16)14(13-10)8-6-9-3-1-2-7-12-9/h1-5,7H,6,8H2/q+1. The third kappa shape index (κ3) is 2.44. The summed E-state index contributed by atoms with van der Waals surface area (Å²) in [4.78, 5) is 26.4. The monoisotopic (exact) mass is 216 g/mol. The van der Waals surface area contributed by atoms with E-state index in [9.17, 15) is 9.59 Å². The largest absolute Gasteiger partial charge is 0.437 e. The number of pyridine rings is 1. The molecule has 0 bridgehead atoms. The van der Waals surface area contributed by atoms with E-state index < -0.39 is 5.91 Å². The van der Waals surface area contributed by atoms with Crippen LogP contribution in [-0.4, -0.2) is 28.0 Å². The Morgan fingerprint density at radius 3 is 2.81 bits per heavy atom. The summed E-state index contributed by atoms with van der Waals surface area (Å²) < 4.78 is 1.16. The van der Waals surface area contributed by atoms with Crippen molar-refractivity contribution >= 4 is 11.8 Å². The van der Waals surface area contributed by atoms with Gasteiger partial charge in [0.05, 0.1) is 12.5 Å². The van der Waals surface area contributed by atoms with E-state index in [1.165, 1.54) is 12.2 Å². The Kier molecular flexibility index (Phi) is 2.95. The second-order valence-corrected chi connectivity index (χ2v) is 3.30. The van der Waals surface area contributed by atoms with Gasteiger partial charge in [-0.1, -0.05) is 6.07 Å². The molecule has 2 heterocycles. The van der Waals surface area contributed by atoms with E-state index in [1.54, 1.807) is 6.20 Å². The molecule has 80 valence electrons. The highest BCUT2D eigenvalue weighted by molar-refractivity contribution is 5.96. The maximum absolute atomic E-state index is 11.3. The Morgan fingerprint density at radius 1 is 1.19 bits per heavy atom. The molecule has 2 amide bonds. The first-order chi connectivity index (χ1) is 7.75. The van der Waals surface area contributed by atoms with Crippen LogP contribution in [0.15, 0.2) is 41.7 Å². The van der Waals surface area contributed by atoms with E-state index in [4.69, 9.17) is 0 Å². The molecule has 0 saturated carbocycles. The zero-order valence-corrected chi connectivity index (χ0v) is 8.54. The van der Waals surface area contributed by atoms with Crippen molar-refractivity contribution in [2.24, 2.45) is 5.11 Å². The lowest BCUT2D eigenvalue weighted by molar-refractivity contribution is -0.506. The number of hydrogen-bond acceptors (Lipinski definition) is 3. The van der Waals surface area contributed by atoms with E-state index in [0.29, 0.717) is 13.0 Å². The van der Waals surface area contributed by atoms with Crippen LogP contribution in [-0.2, 0) is 16.0 Å². The van der Waals surface area contributed by atoms with Crippen molar-refractivity contribution in [2.75, 3.05) is 6.54 Å². The van der Waals surface area contributed by atoms with Gasteiger partial charge < -0.3 is 0 Å². The van der Waals surface area contributed by atoms with Gasteiger partial charge in [-0.25, -0.2) is 4.79 Å². The van der Waals surface area contributed by atoms with Gasteiger partial charge in [0.2, 0.25) is 0 Å². The minimum atomic E-state index is -0.402. The normalized spacial score (nSPS) is 15.1. The molecule has 0 aliphatic carbocycles. The van der Waals surface area contributed by atoms with E-state index in [1.807, 2.05) is 18.2 Å². The third-order valence-corrected chi connectivity index (χ3v) is 2.15. The molecule has 0 radical (unpaired) electrons. The van der Waals surface area contributed by atoms with Gasteiger partial charge in [0.25, 0.3) is 0 Å². The highest BCUT2D eigenvalue weighted by Gasteiger charge is 2.22. The van der Waals surface area contributed by atoms with Crippen molar-refractivity contribution in [3.05, 3.63) is 42.2 Å². The molecule has 1 aromatic rings. The lowest BCUT2D eigenvalue weighted by Gasteiger charge is -1.98. The maximum atomic E-state index is 11.3. The molecule has 0 unspecified atom stereocenters. The van der Waals surface area contributed by atoms with Crippen LogP contribution in [0.1, 0.15) is 5.69 Å². The first-order valence-corrected chi connectivity index (χ1v) is 4.91. The molecule has 0 saturated heterocycles. The number of rotatable bonds is 3. The number of hydrogen-bond donors (Lipinski definition) is 0. The highest BCUT2D eigenvalue weighted by Crippen LogP contribution is 1.99. The van der Waals surface area contributed by atoms with Gasteiger partial charge in [0.15, 0.2) is 6.54 Å². The van der Waals surface area contributed by atoms with Gasteiger partial charge in [-0.2, -0.15) is 0 Å². The Balaban J connectivity index is 2.01. The topological polar surface area (TPSA) is 62.4 Å². The second kappa shape index (κ2) is 4.57. The van der Waals surface area contributed by atoms with Crippen molar-refractivity contribution < 1.29 is 14.3 Å². The van der Waals surface area contributed by atoms with E-state index in [2.05, 4.69) is 10.1 Å². The number of amides is 2. The second-order valence-electron chi connectivity index (χ2n) is 3.30. The zero-order chi connectivity index (χ0) is 11.4. The fraction of sp³-hybridized carbons (Fsp3) is 0.182. The average Bonchev–Trinajstić information content (AvgIpc) is 2.32. The van der Waals surface area contributed by atoms with Gasteiger partial charge in [0.1, 0.15) is 0 Å². The molecule has 0 N–H and O–H groups in total. The molecule has 5 nitrogen and oxygen atoms in total. The summed E-state index contributed by atoms with van der Waals surface area (Å²) in [6, 6.07) is 5.57. The van der Waals surface area contributed by atoms with Crippen LogP contribution in [0, 0.1) is 0 Å². The number of carbonyl (C=O) groups is 2. The minimum absolute atomic E-state index is 0.268. The third-order valence-electron chi connectivity index (χ3n) is 2.15. The van der Waals surface area contributed by atoms with Crippen molar-refractivity contribution in [1.29, 1.82) is 0 Å². The predicted octanol–water partition coefficient (Wildman–Crippen LogP) is 0.712. The Labute approximate surface area is 92.1 Å². The van der Waals surface area contributed by atoms with Crippen LogP contribution in [0.2, 0.25) is 0 Å². The summed E-state index contributed by atoms with van der Waals surface area (Å²) in [5, 5.41) is 3.61. The van der Waals surface area contributed by atoms with Gasteiger partial charge in [-0.3, -0.25) is 9.78 Å². The van der Waals surface area contributed by atoms with E-state index in [0.717, 1.165) is 10.4 Å². The van der Waals surface area contributed by atoms with Crippen molar-refractivity contribution in [1.82, 2.24) is 4.98 Å². The lowest BCUT2D eigenvalue weighted by Crippen LogP contribution is -2.24. The van der Waals surface area contributed by atoms with Crippen LogP contribution in [0.3, 0.4) is 0 Å². The van der Waals surface area contributed by atoms with Crippen molar-refractivity contribution in [3.63, 3.8) is 0 Å². The Hall–Kier alpha value is -2.17. The van der Waals surface area contributed by atoms with Crippen LogP contribution in [0.4, 0.5) is 0 Å². The molecule has 16 heavy (non-hydrogen) atoms. The Morgan fingerprint density at radius 2 is 2.06 bits per heavy atom. The van der Waals surface area contributed by atoms with Crippen LogP contribution in [0.5, 0.6) is 0 Å². The number of nitrogens with zero attached hydrogens (tertiary/aromatic N) is 3. The summed E-state index contributed by atoms with van der Waals surface area (Å²) in [7, 11) is 0. The summed E-state index contributed by atoms with van der Waals surface area (Å²) in [6.45, 7) is 0.367. The van der Waals surface area contributed by atoms with Crippen molar-refractivity contribution in [3.8, 4) is 0 Å². The quantitative estimate of drug-likeness (QED) is 0.699. The fourth-order valence-corrected chi connectivity index (χ4v) is 1.36. The maximum Gasteiger partial charge on any atom is 0.437 e. The summed E-state index contributed by atoms with van der Waals surface area (Å²) >= 11 is 0. The molecular formula is C11H10N3O2+. The number of azo groups is 2. The molecule has 5 heteroatoms. The molecule has 1 aliphatic heterocycles. The highest BCUT2D eigenvalue weighted by atomic mass is 16.2. The van der Waals surface area contributed by atoms with E-state index >= 15 is 0 Å². The first kappa shape index (κ1) is 10.4. The van der Waals surface area contributed by atoms with Gasteiger partial charge in [-0.05, 0) is 16.8 Å². The van der Waals surface area contributed by atoms with E-state index in [-0.39, 0.29) is 5.91 Å². The van der Waals surface area contributed by atoms with Crippen LogP contribution < -0.4 is 0 Å². The smallest absolute Gasteiger partial charge is 0.261 e. The predicted molar refractivity (Wildman–Crippen MR) is 54.7 cm³/mol. The van der Waals surface area contributed by atoms with Crippen LogP contribution in [0.25, 0.3) is 0 Å². The lowest BCUT2D eigenvalue weighted by atomic mass is 10.2. The molecule has 0 aromatic carbocycles. The van der Waals surface area contributed by atoms with Gasteiger partial charge in [0, 0.05) is 23.1 Å². The van der Waals surface area contributed by atoms with Gasteiger partial charge in [-0.15, -0.1) is 0 Å². The molecular weight excluding hydrogens is 206 g/mol. The molecule has 1 aromatic heterocycles. The minimum Gasteiger partial charge on any atom is -0.261 e. The van der Waals surface area contributed by atoms with Crippen LogP contribution >= 0.6 is 0 Å². The molecule has 2 rings (SSSR count). The SMILES string of the molecule is O=C1C=CC(=O)[N+](CCc2ccccn2)=N1. The molecule has 0 fully saturated rings. The Bertz CT molecular complexity index is 477. The summed E-state index contributed by atoms with van der Waals surface area (Å²) in [5.41, 5.74) is 0.868. The number of aromatic nitrogens is 1. The molecule has 0 spiro atoms. The molecule has 0 atom stereocenters. The van der Waals surface area contributed by atoms with Gasteiger partial charge >= 0.3 is 11.8 Å². The number of carbonyl (C=O) groups excluding carboxylic acids is 2. The zero-order valence-electron chi connectivity index (χ0n) is 8.54. The molecule has 1 aliphatic rings. The fourth-order valence-electron chi connectivity index (χ4n) is 1.36. The first-order valence-electron chi connectivity index (χ1n) is 4.91. The summed E-state index contributed by atoms with van der Waals surface area (Å²) in [6.07, 6.45) is 4.67. The summed E-state index contributed by atoms with van der Waals surface area (Å²) in [5.74, 6) is -0.670.